The van der Waals surface area contributed by atoms with Gasteiger partial charge in [-0.05, 0) is 69.7 Å². The zero-order chi connectivity index (χ0) is 24.0. The van der Waals surface area contributed by atoms with Gasteiger partial charge in [-0.2, -0.15) is 5.10 Å². The molecule has 0 bridgehead atoms. The lowest BCUT2D eigenvalue weighted by atomic mass is 10.1. The lowest BCUT2D eigenvalue weighted by molar-refractivity contribution is 0.0520. The third-order valence-corrected chi connectivity index (χ3v) is 4.51. The van der Waals surface area contributed by atoms with Crippen molar-refractivity contribution in [3.63, 3.8) is 0 Å². The van der Waals surface area contributed by atoms with E-state index < -0.39 is 11.7 Å². The summed E-state index contributed by atoms with van der Waals surface area (Å²) in [7, 11) is 1.58. The van der Waals surface area contributed by atoms with Crippen LogP contribution in [0.4, 0.5) is 4.79 Å². The Bertz CT molecular complexity index is 1100. The van der Waals surface area contributed by atoms with Gasteiger partial charge in [0.15, 0.2) is 0 Å². The number of allylic oxidation sites excluding steroid dienone is 1. The molecule has 8 heteroatoms. The molecule has 3 aromatic rings. The van der Waals surface area contributed by atoms with E-state index in [0.717, 1.165) is 28.2 Å². The molecule has 2 aromatic heterocycles. The van der Waals surface area contributed by atoms with Crippen LogP contribution in [0.2, 0.25) is 0 Å². The first-order valence-corrected chi connectivity index (χ1v) is 10.6. The highest BCUT2D eigenvalue weighted by Crippen LogP contribution is 2.28. The molecular formula is C25H30N4O4. The maximum Gasteiger partial charge on any atom is 0.407 e. The molecule has 0 aliphatic rings. The standard InChI is InChI=1S/C25H30N4O4/c1-17(2)21-15-22(29(28-21)19-9-12-23(31-6)27-16-19)18-7-10-20(11-8-18)32-14-13-26-24(30)33-25(3,4)5/h7-12,15-16H,1,13-14H2,2-6H3,(H,26,30). The van der Waals surface area contributed by atoms with E-state index in [9.17, 15) is 4.79 Å². The van der Waals surface area contributed by atoms with Crippen molar-refractivity contribution in [2.45, 2.75) is 33.3 Å². The summed E-state index contributed by atoms with van der Waals surface area (Å²) in [5.74, 6) is 1.23. The van der Waals surface area contributed by atoms with Crippen molar-refractivity contribution in [3.05, 3.63) is 60.9 Å². The molecule has 33 heavy (non-hydrogen) atoms. The smallest absolute Gasteiger partial charge is 0.407 e. The van der Waals surface area contributed by atoms with E-state index >= 15 is 0 Å². The maximum absolute atomic E-state index is 11.7. The van der Waals surface area contributed by atoms with E-state index in [4.69, 9.17) is 14.2 Å². The van der Waals surface area contributed by atoms with Gasteiger partial charge >= 0.3 is 6.09 Å². The minimum atomic E-state index is -0.529. The quantitative estimate of drug-likeness (QED) is 0.492. The fourth-order valence-electron chi connectivity index (χ4n) is 2.97. The number of amides is 1. The van der Waals surface area contributed by atoms with Gasteiger partial charge in [0.05, 0.1) is 36.9 Å². The molecule has 0 aliphatic carbocycles. The topological polar surface area (TPSA) is 87.5 Å². The number of nitrogens with zero attached hydrogens (tertiary/aromatic N) is 3. The predicted molar refractivity (Wildman–Crippen MR) is 128 cm³/mol. The predicted octanol–water partition coefficient (Wildman–Crippen LogP) is 4.88. The van der Waals surface area contributed by atoms with Gasteiger partial charge in [0.2, 0.25) is 5.88 Å². The van der Waals surface area contributed by atoms with Crippen LogP contribution in [0.15, 0.2) is 55.2 Å². The number of carbonyl (C=O) groups excluding carboxylic acids is 1. The second-order valence-electron chi connectivity index (χ2n) is 8.47. The number of aromatic nitrogens is 3. The molecule has 0 fully saturated rings. The zero-order valence-electron chi connectivity index (χ0n) is 19.7. The van der Waals surface area contributed by atoms with Crippen LogP contribution in [-0.4, -0.2) is 46.7 Å². The minimum absolute atomic E-state index is 0.327. The third kappa shape index (κ3) is 6.58. The van der Waals surface area contributed by atoms with Crippen LogP contribution in [0.1, 0.15) is 33.4 Å². The highest BCUT2D eigenvalue weighted by atomic mass is 16.6. The SMILES string of the molecule is C=C(C)c1cc(-c2ccc(OCCNC(=O)OC(C)(C)C)cc2)n(-c2ccc(OC)nc2)n1. The molecule has 3 rings (SSSR count). The lowest BCUT2D eigenvalue weighted by Crippen LogP contribution is -2.34. The monoisotopic (exact) mass is 450 g/mol. The Morgan fingerprint density at radius 2 is 1.88 bits per heavy atom. The van der Waals surface area contributed by atoms with Crippen LogP contribution >= 0.6 is 0 Å². The Balaban J connectivity index is 1.69. The molecule has 0 saturated carbocycles. The van der Waals surface area contributed by atoms with Gasteiger partial charge in [-0.15, -0.1) is 0 Å². The second kappa shape index (κ2) is 10.2. The number of carbonyl (C=O) groups is 1. The normalized spacial score (nSPS) is 11.1. The Kier molecular flexibility index (Phi) is 7.37. The molecule has 0 unspecified atom stereocenters. The summed E-state index contributed by atoms with van der Waals surface area (Å²) in [6, 6.07) is 13.4. The number of methoxy groups -OCH3 is 1. The Hall–Kier alpha value is -3.81. The summed E-state index contributed by atoms with van der Waals surface area (Å²) in [6.07, 6.45) is 1.25. The van der Waals surface area contributed by atoms with Gasteiger partial charge in [-0.3, -0.25) is 0 Å². The highest BCUT2D eigenvalue weighted by molar-refractivity contribution is 5.69. The van der Waals surface area contributed by atoms with Crippen molar-refractivity contribution < 1.29 is 19.0 Å². The first-order chi connectivity index (χ1) is 15.7. The molecule has 2 heterocycles. The first-order valence-electron chi connectivity index (χ1n) is 10.6. The summed E-state index contributed by atoms with van der Waals surface area (Å²) in [5, 5.41) is 7.36. The number of hydrogen-bond donors (Lipinski definition) is 1. The molecule has 1 amide bonds. The molecule has 0 saturated heterocycles. The first kappa shape index (κ1) is 23.8. The average Bonchev–Trinajstić information content (AvgIpc) is 3.22. The van der Waals surface area contributed by atoms with Crippen LogP contribution in [-0.2, 0) is 4.74 Å². The number of nitrogens with one attached hydrogen (secondary N) is 1. The summed E-state index contributed by atoms with van der Waals surface area (Å²) in [6.45, 7) is 12.1. The van der Waals surface area contributed by atoms with Gasteiger partial charge in [0, 0.05) is 11.6 Å². The van der Waals surface area contributed by atoms with Crippen LogP contribution in [0.3, 0.4) is 0 Å². The van der Waals surface area contributed by atoms with Gasteiger partial charge in [-0.1, -0.05) is 6.58 Å². The molecular weight excluding hydrogens is 420 g/mol. The van der Waals surface area contributed by atoms with Crippen molar-refractivity contribution in [3.8, 4) is 28.6 Å². The van der Waals surface area contributed by atoms with E-state index in [0.29, 0.717) is 24.8 Å². The van der Waals surface area contributed by atoms with Crippen molar-refractivity contribution in [2.75, 3.05) is 20.3 Å². The average molecular weight is 451 g/mol. The zero-order valence-corrected chi connectivity index (χ0v) is 19.7. The molecule has 1 N–H and O–H groups in total. The van der Waals surface area contributed by atoms with Gasteiger partial charge in [0.25, 0.3) is 0 Å². The summed E-state index contributed by atoms with van der Waals surface area (Å²) in [4.78, 5) is 16.0. The largest absolute Gasteiger partial charge is 0.492 e. The third-order valence-electron chi connectivity index (χ3n) is 4.51. The van der Waals surface area contributed by atoms with E-state index in [-0.39, 0.29) is 0 Å². The number of alkyl carbamates (subject to hydrolysis) is 1. The summed E-state index contributed by atoms with van der Waals surface area (Å²) < 4.78 is 17.9. The van der Waals surface area contributed by atoms with Gasteiger partial charge in [0.1, 0.15) is 18.0 Å². The van der Waals surface area contributed by atoms with Crippen molar-refractivity contribution in [1.29, 1.82) is 0 Å². The molecule has 0 radical (unpaired) electrons. The van der Waals surface area contributed by atoms with Crippen LogP contribution in [0, 0.1) is 0 Å². The summed E-state index contributed by atoms with van der Waals surface area (Å²) in [5.41, 5.74) is 3.82. The van der Waals surface area contributed by atoms with Crippen molar-refractivity contribution >= 4 is 11.7 Å². The number of rotatable bonds is 8. The molecule has 0 atom stereocenters. The fourth-order valence-corrected chi connectivity index (χ4v) is 2.97. The van der Waals surface area contributed by atoms with Gasteiger partial charge < -0.3 is 19.5 Å². The van der Waals surface area contributed by atoms with Crippen molar-refractivity contribution in [2.24, 2.45) is 0 Å². The number of pyridine rings is 1. The second-order valence-corrected chi connectivity index (χ2v) is 8.47. The van der Waals surface area contributed by atoms with Crippen LogP contribution in [0.25, 0.3) is 22.5 Å². The van der Waals surface area contributed by atoms with Crippen LogP contribution < -0.4 is 14.8 Å². The van der Waals surface area contributed by atoms with E-state index in [1.54, 1.807) is 19.4 Å². The van der Waals surface area contributed by atoms with E-state index in [1.807, 2.05) is 68.8 Å². The molecule has 1 aromatic carbocycles. The molecule has 8 nitrogen and oxygen atoms in total. The fraction of sp³-hybridized carbons (Fsp3) is 0.320. The lowest BCUT2D eigenvalue weighted by Gasteiger charge is -2.19. The van der Waals surface area contributed by atoms with E-state index in [2.05, 4.69) is 22.0 Å². The number of ether oxygens (including phenoxy) is 3. The number of hydrogen-bond acceptors (Lipinski definition) is 6. The Morgan fingerprint density at radius 3 is 2.45 bits per heavy atom. The van der Waals surface area contributed by atoms with Gasteiger partial charge in [-0.25, -0.2) is 14.5 Å². The molecule has 174 valence electrons. The summed E-state index contributed by atoms with van der Waals surface area (Å²) >= 11 is 0. The molecule has 0 spiro atoms. The van der Waals surface area contributed by atoms with E-state index in [1.165, 1.54) is 0 Å². The van der Waals surface area contributed by atoms with Crippen LogP contribution in [0.5, 0.6) is 11.6 Å². The molecule has 0 aliphatic heterocycles. The highest BCUT2D eigenvalue weighted by Gasteiger charge is 2.16. The Labute approximate surface area is 194 Å². The van der Waals surface area contributed by atoms with Crippen molar-refractivity contribution in [1.82, 2.24) is 20.1 Å². The maximum atomic E-state index is 11.7. The Morgan fingerprint density at radius 1 is 1.15 bits per heavy atom. The minimum Gasteiger partial charge on any atom is -0.492 e. The number of benzene rings is 1.